The van der Waals surface area contributed by atoms with E-state index in [1.54, 1.807) is 0 Å². The highest BCUT2D eigenvalue weighted by Gasteiger charge is 2.31. The Morgan fingerprint density at radius 2 is 1.75 bits per heavy atom. The van der Waals surface area contributed by atoms with Crippen molar-refractivity contribution in [2.24, 2.45) is 11.8 Å². The van der Waals surface area contributed by atoms with E-state index in [4.69, 9.17) is 0 Å². The van der Waals surface area contributed by atoms with E-state index in [0.717, 1.165) is 32.6 Å². The standard InChI is InChI=1S/C24H31N3O/c1-17(2)18(3)24(28)26-12-10-21(14-26)19-6-8-23(9-7-19)27-15-22(16-27)20-5-4-11-25-13-20/h4-9,11,13,17-18,21-22H,10,12,14-16H2,1-3H3. The molecule has 1 amide bonds. The lowest BCUT2D eigenvalue weighted by Gasteiger charge is -2.41. The quantitative estimate of drug-likeness (QED) is 0.780. The van der Waals surface area contributed by atoms with Crippen molar-refractivity contribution in [1.82, 2.24) is 9.88 Å². The molecule has 148 valence electrons. The first-order valence-corrected chi connectivity index (χ1v) is 10.6. The summed E-state index contributed by atoms with van der Waals surface area (Å²) in [5.41, 5.74) is 3.99. The molecule has 2 aliphatic rings. The van der Waals surface area contributed by atoms with Crippen LogP contribution in [-0.2, 0) is 4.79 Å². The number of benzene rings is 1. The molecule has 2 aromatic rings. The van der Waals surface area contributed by atoms with Crippen molar-refractivity contribution in [3.63, 3.8) is 0 Å². The van der Waals surface area contributed by atoms with Gasteiger partial charge in [0.1, 0.15) is 0 Å². The zero-order valence-corrected chi connectivity index (χ0v) is 17.2. The van der Waals surface area contributed by atoms with Gasteiger partial charge in [0.2, 0.25) is 5.91 Å². The molecule has 0 bridgehead atoms. The Balaban J connectivity index is 1.33. The molecular weight excluding hydrogens is 346 g/mol. The Kier molecular flexibility index (Phi) is 5.38. The Bertz CT molecular complexity index is 796. The number of carbonyl (C=O) groups excluding carboxylic acids is 1. The fourth-order valence-corrected chi connectivity index (χ4v) is 4.28. The van der Waals surface area contributed by atoms with Crippen LogP contribution in [0.2, 0.25) is 0 Å². The molecule has 2 fully saturated rings. The van der Waals surface area contributed by atoms with Gasteiger partial charge in [0.05, 0.1) is 0 Å². The van der Waals surface area contributed by atoms with Crippen molar-refractivity contribution in [2.45, 2.75) is 39.0 Å². The van der Waals surface area contributed by atoms with Gasteiger partial charge in [-0.05, 0) is 41.7 Å². The molecule has 2 saturated heterocycles. The highest BCUT2D eigenvalue weighted by molar-refractivity contribution is 5.79. The van der Waals surface area contributed by atoms with Crippen molar-refractivity contribution in [3.05, 3.63) is 59.9 Å². The van der Waals surface area contributed by atoms with Gasteiger partial charge in [0.25, 0.3) is 0 Å². The molecule has 4 nitrogen and oxygen atoms in total. The van der Waals surface area contributed by atoms with Gasteiger partial charge in [0, 0.05) is 62.0 Å². The summed E-state index contributed by atoms with van der Waals surface area (Å²) in [6, 6.07) is 13.2. The summed E-state index contributed by atoms with van der Waals surface area (Å²) in [4.78, 5) is 21.3. The molecule has 4 rings (SSSR count). The maximum absolute atomic E-state index is 12.6. The molecule has 0 spiro atoms. The third-order valence-corrected chi connectivity index (χ3v) is 6.66. The second kappa shape index (κ2) is 7.94. The third kappa shape index (κ3) is 3.78. The molecule has 0 radical (unpaired) electrons. The molecule has 2 atom stereocenters. The molecule has 3 heterocycles. The molecule has 4 heteroatoms. The van der Waals surface area contributed by atoms with Crippen LogP contribution in [0.15, 0.2) is 48.8 Å². The summed E-state index contributed by atoms with van der Waals surface area (Å²) in [5.74, 6) is 1.89. The third-order valence-electron chi connectivity index (χ3n) is 6.66. The molecule has 2 aliphatic heterocycles. The second-order valence-corrected chi connectivity index (χ2v) is 8.78. The number of carbonyl (C=O) groups is 1. The number of hydrogen-bond acceptors (Lipinski definition) is 3. The molecule has 0 N–H and O–H groups in total. The molecule has 1 aromatic heterocycles. The van der Waals surface area contributed by atoms with E-state index >= 15 is 0 Å². The van der Waals surface area contributed by atoms with Gasteiger partial charge >= 0.3 is 0 Å². The summed E-state index contributed by atoms with van der Waals surface area (Å²) < 4.78 is 0. The lowest BCUT2D eigenvalue weighted by Crippen LogP contribution is -2.45. The molecule has 0 saturated carbocycles. The summed E-state index contributed by atoms with van der Waals surface area (Å²) in [6.45, 7) is 10.2. The van der Waals surface area contributed by atoms with Crippen LogP contribution < -0.4 is 4.90 Å². The number of rotatable bonds is 5. The van der Waals surface area contributed by atoms with Crippen LogP contribution >= 0.6 is 0 Å². The number of hydrogen-bond donors (Lipinski definition) is 0. The number of likely N-dealkylation sites (tertiary alicyclic amines) is 1. The van der Waals surface area contributed by atoms with Crippen LogP contribution in [0.5, 0.6) is 0 Å². The predicted molar refractivity (Wildman–Crippen MR) is 114 cm³/mol. The van der Waals surface area contributed by atoms with E-state index in [-0.39, 0.29) is 5.92 Å². The van der Waals surface area contributed by atoms with Crippen molar-refractivity contribution in [1.29, 1.82) is 0 Å². The highest BCUT2D eigenvalue weighted by Crippen LogP contribution is 2.34. The molecule has 28 heavy (non-hydrogen) atoms. The minimum Gasteiger partial charge on any atom is -0.370 e. The van der Waals surface area contributed by atoms with E-state index < -0.39 is 0 Å². The number of aromatic nitrogens is 1. The zero-order valence-electron chi connectivity index (χ0n) is 17.2. The molecule has 2 unspecified atom stereocenters. The van der Waals surface area contributed by atoms with E-state index in [2.05, 4.69) is 65.9 Å². The maximum Gasteiger partial charge on any atom is 0.225 e. The van der Waals surface area contributed by atoms with Crippen LogP contribution in [0, 0.1) is 11.8 Å². The Morgan fingerprint density at radius 1 is 1.00 bits per heavy atom. The van der Waals surface area contributed by atoms with E-state index in [0.29, 0.717) is 23.7 Å². The molecule has 0 aliphatic carbocycles. The van der Waals surface area contributed by atoms with Gasteiger partial charge in [0.15, 0.2) is 0 Å². The summed E-state index contributed by atoms with van der Waals surface area (Å²) in [5, 5.41) is 0. The number of pyridine rings is 1. The number of anilines is 1. The average Bonchev–Trinajstić information content (AvgIpc) is 3.17. The Hall–Kier alpha value is -2.36. The van der Waals surface area contributed by atoms with Crippen LogP contribution in [0.1, 0.15) is 50.2 Å². The first kappa shape index (κ1) is 19.0. The summed E-state index contributed by atoms with van der Waals surface area (Å²) in [7, 11) is 0. The lowest BCUT2D eigenvalue weighted by molar-refractivity contribution is -0.135. The normalized spacial score (nSPS) is 21.1. The minimum atomic E-state index is 0.111. The van der Waals surface area contributed by atoms with Gasteiger partial charge < -0.3 is 9.80 Å². The fraction of sp³-hybridized carbons (Fsp3) is 0.500. The predicted octanol–water partition coefficient (Wildman–Crippen LogP) is 4.29. The first-order chi connectivity index (χ1) is 13.5. The van der Waals surface area contributed by atoms with Gasteiger partial charge in [-0.1, -0.05) is 39.0 Å². The number of nitrogens with zero attached hydrogens (tertiary/aromatic N) is 3. The lowest BCUT2D eigenvalue weighted by atomic mass is 9.91. The Labute approximate surface area is 168 Å². The van der Waals surface area contributed by atoms with E-state index in [1.807, 2.05) is 18.5 Å². The van der Waals surface area contributed by atoms with Gasteiger partial charge in [-0.3, -0.25) is 9.78 Å². The maximum atomic E-state index is 12.6. The zero-order chi connectivity index (χ0) is 19.7. The second-order valence-electron chi connectivity index (χ2n) is 8.78. The first-order valence-electron chi connectivity index (χ1n) is 10.6. The molecular formula is C24H31N3O. The number of amides is 1. The summed E-state index contributed by atoms with van der Waals surface area (Å²) in [6.07, 6.45) is 4.89. The van der Waals surface area contributed by atoms with Gasteiger partial charge in [-0.2, -0.15) is 0 Å². The van der Waals surface area contributed by atoms with E-state index in [9.17, 15) is 4.79 Å². The van der Waals surface area contributed by atoms with Crippen LogP contribution in [0.3, 0.4) is 0 Å². The smallest absolute Gasteiger partial charge is 0.225 e. The largest absolute Gasteiger partial charge is 0.370 e. The van der Waals surface area contributed by atoms with Gasteiger partial charge in [-0.25, -0.2) is 0 Å². The van der Waals surface area contributed by atoms with Crippen LogP contribution in [0.25, 0.3) is 0 Å². The van der Waals surface area contributed by atoms with Crippen molar-refractivity contribution in [2.75, 3.05) is 31.1 Å². The van der Waals surface area contributed by atoms with Crippen LogP contribution in [0.4, 0.5) is 5.69 Å². The SMILES string of the molecule is CC(C)C(C)C(=O)N1CCC(c2ccc(N3CC(c4cccnc4)C3)cc2)C1. The van der Waals surface area contributed by atoms with Crippen molar-refractivity contribution >= 4 is 11.6 Å². The average molecular weight is 378 g/mol. The Morgan fingerprint density at radius 3 is 2.39 bits per heavy atom. The highest BCUT2D eigenvalue weighted by atomic mass is 16.2. The van der Waals surface area contributed by atoms with E-state index in [1.165, 1.54) is 16.8 Å². The minimum absolute atomic E-state index is 0.111. The summed E-state index contributed by atoms with van der Waals surface area (Å²) >= 11 is 0. The monoisotopic (exact) mass is 377 g/mol. The van der Waals surface area contributed by atoms with Gasteiger partial charge in [-0.15, -0.1) is 0 Å². The van der Waals surface area contributed by atoms with Crippen LogP contribution in [-0.4, -0.2) is 42.0 Å². The van der Waals surface area contributed by atoms with Crippen molar-refractivity contribution < 1.29 is 4.79 Å². The van der Waals surface area contributed by atoms with Crippen molar-refractivity contribution in [3.8, 4) is 0 Å². The fourth-order valence-electron chi connectivity index (χ4n) is 4.28. The molecule has 1 aromatic carbocycles. The topological polar surface area (TPSA) is 36.4 Å².